The van der Waals surface area contributed by atoms with Crippen LogP contribution >= 0.6 is 11.6 Å². The SMILES string of the molecule is O=C(Cl)c1ccc(Cc2cccc(C(F)(F)F)c2)cn1. The highest BCUT2D eigenvalue weighted by Crippen LogP contribution is 2.29. The summed E-state index contributed by atoms with van der Waals surface area (Å²) in [6.07, 6.45) is -2.63. The topological polar surface area (TPSA) is 30.0 Å². The zero-order valence-corrected chi connectivity index (χ0v) is 10.9. The number of carbonyl (C=O) groups excluding carboxylic acids is 1. The second-order valence-corrected chi connectivity index (χ2v) is 4.54. The number of hydrogen-bond acceptors (Lipinski definition) is 2. The van der Waals surface area contributed by atoms with Crippen molar-refractivity contribution in [3.8, 4) is 0 Å². The Kier molecular flexibility index (Phi) is 4.09. The average molecular weight is 300 g/mol. The highest BCUT2D eigenvalue weighted by Gasteiger charge is 2.30. The Morgan fingerprint density at radius 2 is 1.90 bits per heavy atom. The van der Waals surface area contributed by atoms with Gasteiger partial charge in [-0.2, -0.15) is 13.2 Å². The van der Waals surface area contributed by atoms with Crippen LogP contribution in [0.4, 0.5) is 13.2 Å². The first kappa shape index (κ1) is 14.5. The summed E-state index contributed by atoms with van der Waals surface area (Å²) < 4.78 is 37.8. The molecular weight excluding hydrogens is 291 g/mol. The Morgan fingerprint density at radius 3 is 2.45 bits per heavy atom. The van der Waals surface area contributed by atoms with Crippen LogP contribution in [0.1, 0.15) is 27.2 Å². The first-order valence-electron chi connectivity index (χ1n) is 5.67. The quantitative estimate of drug-likeness (QED) is 0.800. The lowest BCUT2D eigenvalue weighted by atomic mass is 10.0. The van der Waals surface area contributed by atoms with Gasteiger partial charge in [-0.1, -0.05) is 24.3 Å². The van der Waals surface area contributed by atoms with Gasteiger partial charge in [-0.3, -0.25) is 9.78 Å². The van der Waals surface area contributed by atoms with Crippen LogP contribution in [0.5, 0.6) is 0 Å². The normalized spacial score (nSPS) is 11.4. The molecule has 0 N–H and O–H groups in total. The number of nitrogens with zero attached hydrogens (tertiary/aromatic N) is 1. The van der Waals surface area contributed by atoms with Gasteiger partial charge in [-0.25, -0.2) is 0 Å². The molecule has 0 aliphatic heterocycles. The van der Waals surface area contributed by atoms with Crippen molar-refractivity contribution in [2.75, 3.05) is 0 Å². The van der Waals surface area contributed by atoms with Gasteiger partial charge >= 0.3 is 6.18 Å². The summed E-state index contributed by atoms with van der Waals surface area (Å²) in [7, 11) is 0. The Balaban J connectivity index is 2.20. The molecule has 0 saturated carbocycles. The predicted octanol–water partition coefficient (Wildman–Crippen LogP) is 4.07. The van der Waals surface area contributed by atoms with Gasteiger partial charge in [0.15, 0.2) is 0 Å². The van der Waals surface area contributed by atoms with Gasteiger partial charge in [0.1, 0.15) is 5.69 Å². The second-order valence-electron chi connectivity index (χ2n) is 4.20. The molecule has 0 aliphatic carbocycles. The molecule has 2 nitrogen and oxygen atoms in total. The van der Waals surface area contributed by atoms with Crippen molar-refractivity contribution in [3.05, 3.63) is 65.0 Å². The molecule has 0 unspecified atom stereocenters. The van der Waals surface area contributed by atoms with Crippen LogP contribution in [0.2, 0.25) is 0 Å². The molecule has 0 amide bonds. The van der Waals surface area contributed by atoms with E-state index in [2.05, 4.69) is 4.98 Å². The minimum atomic E-state index is -4.36. The van der Waals surface area contributed by atoms with Gasteiger partial charge in [-0.05, 0) is 41.3 Å². The third kappa shape index (κ3) is 3.57. The maximum atomic E-state index is 12.6. The number of benzene rings is 1. The van der Waals surface area contributed by atoms with Crippen molar-refractivity contribution >= 4 is 16.8 Å². The first-order chi connectivity index (χ1) is 9.36. The van der Waals surface area contributed by atoms with Crippen molar-refractivity contribution in [1.82, 2.24) is 4.98 Å². The van der Waals surface area contributed by atoms with E-state index in [1.165, 1.54) is 18.3 Å². The van der Waals surface area contributed by atoms with Gasteiger partial charge in [0.05, 0.1) is 5.56 Å². The lowest BCUT2D eigenvalue weighted by Gasteiger charge is -2.08. The zero-order chi connectivity index (χ0) is 14.8. The van der Waals surface area contributed by atoms with Crippen LogP contribution in [0.3, 0.4) is 0 Å². The molecule has 104 valence electrons. The number of carbonyl (C=O) groups is 1. The summed E-state index contributed by atoms with van der Waals surface area (Å²) in [6.45, 7) is 0. The van der Waals surface area contributed by atoms with Gasteiger partial charge in [0.25, 0.3) is 5.24 Å². The standard InChI is InChI=1S/C14H9ClF3NO/c15-13(20)12-5-4-10(8-19-12)6-9-2-1-3-11(7-9)14(16,17)18/h1-5,7-8H,6H2. The highest BCUT2D eigenvalue weighted by molar-refractivity contribution is 6.67. The summed E-state index contributed by atoms with van der Waals surface area (Å²) in [4.78, 5) is 14.7. The molecule has 1 aromatic heterocycles. The molecule has 6 heteroatoms. The largest absolute Gasteiger partial charge is 0.416 e. The van der Waals surface area contributed by atoms with E-state index in [4.69, 9.17) is 11.6 Å². The maximum Gasteiger partial charge on any atom is 0.416 e. The molecule has 0 bridgehead atoms. The third-order valence-corrected chi connectivity index (χ3v) is 2.88. The summed E-state index contributed by atoms with van der Waals surface area (Å²) in [6, 6.07) is 8.15. The zero-order valence-electron chi connectivity index (χ0n) is 10.1. The van der Waals surface area contributed by atoms with Crippen molar-refractivity contribution < 1.29 is 18.0 Å². The van der Waals surface area contributed by atoms with Crippen molar-refractivity contribution in [2.24, 2.45) is 0 Å². The van der Waals surface area contributed by atoms with Crippen LogP contribution in [-0.4, -0.2) is 10.2 Å². The fraction of sp³-hybridized carbons (Fsp3) is 0.143. The smallest absolute Gasteiger partial charge is 0.274 e. The van der Waals surface area contributed by atoms with Gasteiger partial charge < -0.3 is 0 Å². The number of pyridine rings is 1. The van der Waals surface area contributed by atoms with Crippen molar-refractivity contribution in [2.45, 2.75) is 12.6 Å². The lowest BCUT2D eigenvalue weighted by Crippen LogP contribution is -2.05. The van der Waals surface area contributed by atoms with E-state index < -0.39 is 17.0 Å². The van der Waals surface area contributed by atoms with E-state index in [9.17, 15) is 18.0 Å². The van der Waals surface area contributed by atoms with Gasteiger partial charge in [0, 0.05) is 6.20 Å². The van der Waals surface area contributed by atoms with Crippen LogP contribution in [0.15, 0.2) is 42.6 Å². The molecule has 1 heterocycles. The third-order valence-electron chi connectivity index (χ3n) is 2.69. The fourth-order valence-electron chi connectivity index (χ4n) is 1.74. The highest BCUT2D eigenvalue weighted by atomic mass is 35.5. The maximum absolute atomic E-state index is 12.6. The van der Waals surface area contributed by atoms with Crippen molar-refractivity contribution in [3.63, 3.8) is 0 Å². The number of hydrogen-bond donors (Lipinski definition) is 0. The van der Waals surface area contributed by atoms with Gasteiger partial charge in [0.2, 0.25) is 0 Å². The molecule has 0 spiro atoms. The first-order valence-corrected chi connectivity index (χ1v) is 6.05. The van der Waals surface area contributed by atoms with Crippen LogP contribution < -0.4 is 0 Å². The van der Waals surface area contributed by atoms with E-state index in [-0.39, 0.29) is 5.69 Å². The fourth-order valence-corrected chi connectivity index (χ4v) is 1.85. The summed E-state index contributed by atoms with van der Waals surface area (Å²) in [5, 5.41) is -0.671. The van der Waals surface area contributed by atoms with E-state index in [1.807, 2.05) is 0 Å². The summed E-state index contributed by atoms with van der Waals surface area (Å²) >= 11 is 5.26. The molecule has 0 aliphatic rings. The Morgan fingerprint density at radius 1 is 1.15 bits per heavy atom. The molecular formula is C14H9ClF3NO. The van der Waals surface area contributed by atoms with Crippen molar-refractivity contribution in [1.29, 1.82) is 0 Å². The lowest BCUT2D eigenvalue weighted by molar-refractivity contribution is -0.137. The van der Waals surface area contributed by atoms with Crippen LogP contribution in [0.25, 0.3) is 0 Å². The minimum absolute atomic E-state index is 0.111. The molecule has 2 aromatic rings. The van der Waals surface area contributed by atoms with E-state index in [0.29, 0.717) is 17.5 Å². The number of alkyl halides is 3. The molecule has 0 saturated heterocycles. The summed E-state index contributed by atoms with van der Waals surface area (Å²) in [5.74, 6) is 0. The number of rotatable bonds is 3. The molecule has 2 rings (SSSR count). The Hall–Kier alpha value is -1.88. The predicted molar refractivity (Wildman–Crippen MR) is 68.7 cm³/mol. The number of halogens is 4. The number of aromatic nitrogens is 1. The molecule has 0 fully saturated rings. The molecule has 0 atom stereocenters. The molecule has 1 aromatic carbocycles. The van der Waals surface area contributed by atoms with E-state index in [1.54, 1.807) is 12.1 Å². The second kappa shape index (κ2) is 5.63. The Labute approximate surface area is 118 Å². The Bertz CT molecular complexity index is 623. The van der Waals surface area contributed by atoms with Gasteiger partial charge in [-0.15, -0.1) is 0 Å². The monoisotopic (exact) mass is 299 g/mol. The minimum Gasteiger partial charge on any atom is -0.274 e. The van der Waals surface area contributed by atoms with Crippen LogP contribution in [0, 0.1) is 0 Å². The van der Waals surface area contributed by atoms with E-state index in [0.717, 1.165) is 12.1 Å². The average Bonchev–Trinajstić information content (AvgIpc) is 2.38. The van der Waals surface area contributed by atoms with E-state index >= 15 is 0 Å². The molecule has 0 radical (unpaired) electrons. The molecule has 20 heavy (non-hydrogen) atoms. The summed E-state index contributed by atoms with van der Waals surface area (Å²) in [5.41, 5.74) is 0.646. The van der Waals surface area contributed by atoms with Crippen LogP contribution in [-0.2, 0) is 12.6 Å².